The van der Waals surface area contributed by atoms with Crippen molar-refractivity contribution in [2.24, 2.45) is 28.3 Å². The highest BCUT2D eigenvalue weighted by Gasteiger charge is 2.22. The number of nitrogens with zero attached hydrogens (tertiary/aromatic N) is 1. The minimum atomic E-state index is 0.102. The Kier molecular flexibility index (Phi) is 13.0. The molecule has 1 aromatic rings. The van der Waals surface area contributed by atoms with Crippen molar-refractivity contribution in [3.8, 4) is 11.5 Å². The Hall–Kier alpha value is -2.54. The standard InChI is InChI=1S/C31H49N3O4/c1-37-22-25(12-8-18-34-31(32)33)20-26-19-24(21-29(30(26)36)38-28-14-6-7-15-28)16-17-27(35)13-5-4-11-23-9-2-3-10-23/h5,13,19,21,23,25,28,36H,2-4,6-12,14-18,20,22H2,1H3,(H4,32,33,34)/t25-/m1/s1. The van der Waals surface area contributed by atoms with Crippen LogP contribution in [-0.2, 0) is 22.4 Å². The van der Waals surface area contributed by atoms with E-state index in [1.54, 1.807) is 13.2 Å². The number of carbonyl (C=O) groups excluding carboxylic acids is 1. The molecule has 1 aromatic carbocycles. The van der Waals surface area contributed by atoms with E-state index < -0.39 is 0 Å². The summed E-state index contributed by atoms with van der Waals surface area (Å²) in [4.78, 5) is 16.7. The Morgan fingerprint density at radius 3 is 2.61 bits per heavy atom. The van der Waals surface area contributed by atoms with E-state index in [1.165, 1.54) is 32.1 Å². The van der Waals surface area contributed by atoms with Crippen molar-refractivity contribution >= 4 is 11.7 Å². The number of phenolic OH excluding ortho intramolecular Hbond substituents is 1. The molecule has 2 saturated carbocycles. The SMILES string of the molecule is COC[C@H](CCCN=C(N)N)Cc1cc(CCC(=O)C=CCCC2CCCC2)cc(OC2CCCC2)c1O. The number of ether oxygens (including phenoxy) is 2. The third kappa shape index (κ3) is 10.7. The molecule has 0 heterocycles. The molecule has 0 spiro atoms. The summed E-state index contributed by atoms with van der Waals surface area (Å²) in [7, 11) is 1.70. The van der Waals surface area contributed by atoms with E-state index in [0.29, 0.717) is 38.2 Å². The van der Waals surface area contributed by atoms with Crippen LogP contribution in [0.1, 0.15) is 94.6 Å². The zero-order valence-electron chi connectivity index (χ0n) is 23.3. The van der Waals surface area contributed by atoms with Gasteiger partial charge in [0, 0.05) is 26.7 Å². The van der Waals surface area contributed by atoms with Gasteiger partial charge in [0.15, 0.2) is 23.2 Å². The van der Waals surface area contributed by atoms with Crippen molar-refractivity contribution in [2.45, 2.75) is 102 Å². The molecule has 0 bridgehead atoms. The van der Waals surface area contributed by atoms with E-state index in [4.69, 9.17) is 20.9 Å². The van der Waals surface area contributed by atoms with Gasteiger partial charge in [-0.1, -0.05) is 37.8 Å². The lowest BCUT2D eigenvalue weighted by Crippen LogP contribution is -2.23. The molecule has 0 unspecified atom stereocenters. The number of rotatable bonds is 17. The van der Waals surface area contributed by atoms with Gasteiger partial charge in [-0.15, -0.1) is 0 Å². The highest BCUT2D eigenvalue weighted by molar-refractivity contribution is 5.89. The Balaban J connectivity index is 1.64. The Morgan fingerprint density at radius 2 is 1.89 bits per heavy atom. The molecule has 5 N–H and O–H groups in total. The first-order valence-corrected chi connectivity index (χ1v) is 14.7. The molecular formula is C31H49N3O4. The van der Waals surface area contributed by atoms with Crippen LogP contribution >= 0.6 is 0 Å². The number of allylic oxidation sites excluding steroid dienone is 2. The lowest BCUT2D eigenvalue weighted by molar-refractivity contribution is -0.114. The maximum Gasteiger partial charge on any atom is 0.185 e. The zero-order chi connectivity index (χ0) is 27.2. The highest BCUT2D eigenvalue weighted by atomic mass is 16.5. The lowest BCUT2D eigenvalue weighted by Gasteiger charge is -2.21. The molecule has 2 aliphatic rings. The van der Waals surface area contributed by atoms with Gasteiger partial charge in [-0.25, -0.2) is 0 Å². The molecule has 212 valence electrons. The van der Waals surface area contributed by atoms with Crippen LogP contribution in [0.25, 0.3) is 0 Å². The number of nitrogens with two attached hydrogens (primary N) is 2. The number of benzene rings is 1. The van der Waals surface area contributed by atoms with Gasteiger partial charge >= 0.3 is 0 Å². The molecule has 0 saturated heterocycles. The van der Waals surface area contributed by atoms with Crippen LogP contribution < -0.4 is 16.2 Å². The number of ketones is 1. The minimum Gasteiger partial charge on any atom is -0.504 e. The largest absolute Gasteiger partial charge is 0.504 e. The second kappa shape index (κ2) is 16.4. The third-order valence-electron chi connectivity index (χ3n) is 7.97. The predicted octanol–water partition coefficient (Wildman–Crippen LogP) is 5.60. The van der Waals surface area contributed by atoms with Gasteiger partial charge in [-0.3, -0.25) is 9.79 Å². The van der Waals surface area contributed by atoms with Crippen molar-refractivity contribution in [1.29, 1.82) is 0 Å². The van der Waals surface area contributed by atoms with Gasteiger partial charge in [0.1, 0.15) is 0 Å². The molecule has 7 nitrogen and oxygen atoms in total. The van der Waals surface area contributed by atoms with E-state index in [9.17, 15) is 9.90 Å². The summed E-state index contributed by atoms with van der Waals surface area (Å²) in [6, 6.07) is 3.96. The number of aryl methyl sites for hydroxylation is 1. The van der Waals surface area contributed by atoms with Gasteiger partial charge < -0.3 is 26.0 Å². The second-order valence-electron chi connectivity index (χ2n) is 11.2. The van der Waals surface area contributed by atoms with Crippen LogP contribution in [0.3, 0.4) is 0 Å². The number of guanidine groups is 1. The van der Waals surface area contributed by atoms with Crippen LogP contribution in [0.4, 0.5) is 0 Å². The van der Waals surface area contributed by atoms with Crippen molar-refractivity contribution < 1.29 is 19.4 Å². The molecule has 0 amide bonds. The summed E-state index contributed by atoms with van der Waals surface area (Å²) in [5, 5.41) is 11.1. The smallest absolute Gasteiger partial charge is 0.185 e. The topological polar surface area (TPSA) is 120 Å². The average Bonchev–Trinajstić information content (AvgIpc) is 3.60. The zero-order valence-corrected chi connectivity index (χ0v) is 23.3. The summed E-state index contributed by atoms with van der Waals surface area (Å²) in [6.07, 6.45) is 19.3. The molecule has 38 heavy (non-hydrogen) atoms. The summed E-state index contributed by atoms with van der Waals surface area (Å²) >= 11 is 0. The Bertz CT molecular complexity index is 914. The minimum absolute atomic E-state index is 0.102. The monoisotopic (exact) mass is 527 g/mol. The van der Waals surface area contributed by atoms with Gasteiger partial charge in [0.25, 0.3) is 0 Å². The number of aliphatic imine (C=N–C) groups is 1. The second-order valence-corrected chi connectivity index (χ2v) is 11.2. The number of carbonyl (C=O) groups is 1. The van der Waals surface area contributed by atoms with Gasteiger partial charge in [-0.05, 0) is 99.3 Å². The van der Waals surface area contributed by atoms with Crippen LogP contribution in [0, 0.1) is 11.8 Å². The lowest BCUT2D eigenvalue weighted by atomic mass is 9.92. The van der Waals surface area contributed by atoms with Gasteiger partial charge in [-0.2, -0.15) is 0 Å². The molecule has 0 radical (unpaired) electrons. The molecule has 3 rings (SSSR count). The maximum absolute atomic E-state index is 12.6. The molecule has 7 heteroatoms. The van der Waals surface area contributed by atoms with Crippen molar-refractivity contribution in [1.82, 2.24) is 0 Å². The molecule has 2 aliphatic carbocycles. The van der Waals surface area contributed by atoms with E-state index in [2.05, 4.69) is 11.1 Å². The summed E-state index contributed by atoms with van der Waals surface area (Å²) in [5.74, 6) is 2.06. The molecule has 0 aromatic heterocycles. The Labute approximate surface area is 229 Å². The number of phenols is 1. The normalized spacial score (nSPS) is 17.3. The fourth-order valence-electron chi connectivity index (χ4n) is 5.88. The quantitative estimate of drug-likeness (QED) is 0.105. The van der Waals surface area contributed by atoms with E-state index in [1.807, 2.05) is 12.1 Å². The maximum atomic E-state index is 12.6. The summed E-state index contributed by atoms with van der Waals surface area (Å²) in [6.45, 7) is 1.15. The summed E-state index contributed by atoms with van der Waals surface area (Å²) in [5.41, 5.74) is 12.8. The van der Waals surface area contributed by atoms with Crippen LogP contribution in [0.5, 0.6) is 11.5 Å². The fraction of sp³-hybridized carbons (Fsp3) is 0.677. The van der Waals surface area contributed by atoms with E-state index in [0.717, 1.165) is 62.0 Å². The highest BCUT2D eigenvalue weighted by Crippen LogP contribution is 2.37. The number of hydrogen-bond donors (Lipinski definition) is 3. The number of hydrogen-bond acceptors (Lipinski definition) is 5. The van der Waals surface area contributed by atoms with E-state index >= 15 is 0 Å². The Morgan fingerprint density at radius 1 is 1.16 bits per heavy atom. The number of aromatic hydroxyl groups is 1. The van der Waals surface area contributed by atoms with Crippen LogP contribution in [0.15, 0.2) is 29.3 Å². The average molecular weight is 528 g/mol. The van der Waals surface area contributed by atoms with Gasteiger partial charge in [0.05, 0.1) is 6.10 Å². The van der Waals surface area contributed by atoms with Crippen LogP contribution in [0.2, 0.25) is 0 Å². The third-order valence-corrected chi connectivity index (χ3v) is 7.97. The van der Waals surface area contributed by atoms with Crippen LogP contribution in [-0.4, -0.2) is 43.2 Å². The van der Waals surface area contributed by atoms with Gasteiger partial charge in [0.2, 0.25) is 0 Å². The number of methoxy groups -OCH3 is 1. The van der Waals surface area contributed by atoms with Crippen molar-refractivity contribution in [3.63, 3.8) is 0 Å². The van der Waals surface area contributed by atoms with Crippen molar-refractivity contribution in [3.05, 3.63) is 35.4 Å². The summed E-state index contributed by atoms with van der Waals surface area (Å²) < 4.78 is 11.7. The predicted molar refractivity (Wildman–Crippen MR) is 154 cm³/mol. The van der Waals surface area contributed by atoms with Crippen molar-refractivity contribution in [2.75, 3.05) is 20.3 Å². The molecule has 0 aliphatic heterocycles. The molecule has 1 atom stereocenters. The first-order chi connectivity index (χ1) is 18.4. The molecular weight excluding hydrogens is 478 g/mol. The fourth-order valence-corrected chi connectivity index (χ4v) is 5.88. The van der Waals surface area contributed by atoms with E-state index in [-0.39, 0.29) is 29.5 Å². The first kappa shape index (κ1) is 30.0. The first-order valence-electron chi connectivity index (χ1n) is 14.7. The molecule has 2 fully saturated rings.